The third-order valence-electron chi connectivity index (χ3n) is 7.74. The number of nitrogens with zero attached hydrogens (tertiary/aromatic N) is 2. The number of benzene rings is 2. The van der Waals surface area contributed by atoms with Gasteiger partial charge in [-0.25, -0.2) is 14.0 Å². The van der Waals surface area contributed by atoms with Gasteiger partial charge in [0.2, 0.25) is 5.43 Å². The highest BCUT2D eigenvalue weighted by atomic mass is 35.5. The highest BCUT2D eigenvalue weighted by molar-refractivity contribution is 5.97. The van der Waals surface area contributed by atoms with Crippen molar-refractivity contribution in [2.24, 2.45) is 5.92 Å². The first-order chi connectivity index (χ1) is 19.1. The number of carboxylic acids is 2. The topological polar surface area (TPSA) is 167 Å². The van der Waals surface area contributed by atoms with Crippen LogP contribution in [0.4, 0.5) is 15.8 Å². The van der Waals surface area contributed by atoms with E-state index in [1.165, 1.54) is 37.6 Å². The number of nitrogens with two attached hydrogens (primary N) is 1. The fourth-order valence-corrected chi connectivity index (χ4v) is 5.68. The second-order valence-corrected chi connectivity index (χ2v) is 10.4. The number of pyridine rings is 1. The maximum atomic E-state index is 15.3. The van der Waals surface area contributed by atoms with E-state index in [-0.39, 0.29) is 40.7 Å². The summed E-state index contributed by atoms with van der Waals surface area (Å²) in [4.78, 5) is 36.7. The van der Waals surface area contributed by atoms with Crippen LogP contribution >= 0.6 is 12.4 Å². The molecule has 6 N–H and O–H groups in total. The third-order valence-corrected chi connectivity index (χ3v) is 7.74. The van der Waals surface area contributed by atoms with Gasteiger partial charge in [-0.05, 0) is 56.3 Å². The molecule has 11 nitrogen and oxygen atoms in total. The van der Waals surface area contributed by atoms with Gasteiger partial charge in [-0.15, -0.1) is 12.4 Å². The maximum Gasteiger partial charge on any atom is 0.341 e. The molecule has 41 heavy (non-hydrogen) atoms. The number of phenols is 1. The maximum absolute atomic E-state index is 15.3. The minimum absolute atomic E-state index is 0. The Hall–Kier alpha value is -4.03. The summed E-state index contributed by atoms with van der Waals surface area (Å²) in [7, 11) is 1.48. The minimum Gasteiger partial charge on any atom is -0.507 e. The number of nitrogens with one attached hydrogen (secondary N) is 1. The molecule has 2 saturated heterocycles. The van der Waals surface area contributed by atoms with E-state index in [2.05, 4.69) is 5.32 Å². The lowest BCUT2D eigenvalue weighted by Crippen LogP contribution is -2.40. The summed E-state index contributed by atoms with van der Waals surface area (Å²) in [5.41, 5.74) is 5.32. The number of anilines is 2. The highest BCUT2D eigenvalue weighted by Gasteiger charge is 2.38. The molecule has 3 aromatic rings. The van der Waals surface area contributed by atoms with Crippen LogP contribution < -0.4 is 26.1 Å². The molecule has 0 unspecified atom stereocenters. The van der Waals surface area contributed by atoms with Crippen LogP contribution in [0.15, 0.2) is 35.3 Å². The van der Waals surface area contributed by atoms with E-state index < -0.39 is 23.2 Å². The van der Waals surface area contributed by atoms with Crippen LogP contribution in [-0.4, -0.2) is 64.6 Å². The van der Waals surface area contributed by atoms with Crippen molar-refractivity contribution in [1.82, 2.24) is 9.88 Å². The number of aromatic nitrogens is 1. The van der Waals surface area contributed by atoms with E-state index in [1.807, 2.05) is 4.90 Å². The van der Waals surface area contributed by atoms with Crippen LogP contribution in [-0.2, 0) is 0 Å². The number of halogens is 2. The Balaban J connectivity index is 0.000000274. The Morgan fingerprint density at radius 2 is 1.80 bits per heavy atom. The molecule has 1 aliphatic carbocycles. The van der Waals surface area contributed by atoms with E-state index in [4.69, 9.17) is 20.7 Å². The van der Waals surface area contributed by atoms with E-state index in [0.29, 0.717) is 41.1 Å². The number of hydrogen-bond donors (Lipinski definition) is 5. The lowest BCUT2D eigenvalue weighted by atomic mass is 9.94. The van der Waals surface area contributed by atoms with Crippen molar-refractivity contribution >= 4 is 46.6 Å². The molecular weight excluding hydrogens is 559 g/mol. The monoisotopic (exact) mass is 590 g/mol. The van der Waals surface area contributed by atoms with Gasteiger partial charge < -0.3 is 40.6 Å². The third kappa shape index (κ3) is 5.75. The molecule has 1 saturated carbocycles. The summed E-state index contributed by atoms with van der Waals surface area (Å²) in [6, 6.07) is 5.49. The number of aromatic carboxylic acids is 2. The van der Waals surface area contributed by atoms with E-state index in [0.717, 1.165) is 38.8 Å². The number of carboxylic acid groups (broad SMARTS) is 2. The average Bonchev–Trinajstić information content (AvgIpc) is 3.66. The van der Waals surface area contributed by atoms with Gasteiger partial charge in [0.15, 0.2) is 11.6 Å². The van der Waals surface area contributed by atoms with Crippen LogP contribution in [0.25, 0.3) is 10.9 Å². The van der Waals surface area contributed by atoms with Crippen LogP contribution in [0.5, 0.6) is 11.5 Å². The zero-order valence-corrected chi connectivity index (χ0v) is 23.1. The van der Waals surface area contributed by atoms with Gasteiger partial charge >= 0.3 is 11.9 Å². The zero-order chi connectivity index (χ0) is 28.7. The van der Waals surface area contributed by atoms with E-state index >= 15 is 4.39 Å². The first-order valence-electron chi connectivity index (χ1n) is 13.1. The number of carbonyl (C=O) groups is 2. The minimum atomic E-state index is -1.30. The molecule has 3 fully saturated rings. The molecule has 0 amide bonds. The highest BCUT2D eigenvalue weighted by Crippen LogP contribution is 2.45. The van der Waals surface area contributed by atoms with Crippen LogP contribution in [0, 0.1) is 11.7 Å². The number of fused-ring (bicyclic) bond motifs is 2. The first kappa shape index (κ1) is 29.9. The van der Waals surface area contributed by atoms with Crippen molar-refractivity contribution in [3.05, 3.63) is 57.6 Å². The van der Waals surface area contributed by atoms with Crippen molar-refractivity contribution < 1.29 is 34.0 Å². The van der Waals surface area contributed by atoms with Gasteiger partial charge in [0.1, 0.15) is 22.6 Å². The molecule has 0 spiro atoms. The summed E-state index contributed by atoms with van der Waals surface area (Å²) in [6.07, 6.45) is 5.40. The Bertz CT molecular complexity index is 1540. The van der Waals surface area contributed by atoms with Gasteiger partial charge in [-0.3, -0.25) is 4.79 Å². The van der Waals surface area contributed by atoms with Crippen molar-refractivity contribution in [3.63, 3.8) is 0 Å². The van der Waals surface area contributed by atoms with E-state index in [9.17, 15) is 19.5 Å². The Labute approximate surface area is 240 Å². The quantitative estimate of drug-likeness (QED) is 0.278. The molecule has 3 aliphatic rings. The number of nitrogen functional groups attached to an aromatic ring is 1. The molecule has 3 heterocycles. The Kier molecular flexibility index (Phi) is 8.64. The predicted octanol–water partition coefficient (Wildman–Crippen LogP) is 3.46. The molecular formula is C28H32ClFN4O7. The number of aromatic hydroxyl groups is 1. The van der Waals surface area contributed by atoms with E-state index in [1.54, 1.807) is 4.57 Å². The zero-order valence-electron chi connectivity index (χ0n) is 22.3. The predicted molar refractivity (Wildman–Crippen MR) is 153 cm³/mol. The van der Waals surface area contributed by atoms with Crippen molar-refractivity contribution in [2.45, 2.75) is 37.8 Å². The van der Waals surface area contributed by atoms with Crippen molar-refractivity contribution in [2.75, 3.05) is 37.4 Å². The van der Waals surface area contributed by atoms with Gasteiger partial charge in [0, 0.05) is 43.1 Å². The Morgan fingerprint density at radius 3 is 2.39 bits per heavy atom. The van der Waals surface area contributed by atoms with Crippen LogP contribution in [0.1, 0.15) is 52.4 Å². The fourth-order valence-electron chi connectivity index (χ4n) is 5.68. The van der Waals surface area contributed by atoms with Crippen molar-refractivity contribution in [1.29, 1.82) is 0 Å². The fraction of sp³-hybridized carbons (Fsp3) is 0.393. The molecule has 0 radical (unpaired) electrons. The number of methoxy groups -OCH3 is 1. The SMILES string of the molecule is COc1c(N2C[C@@H]3CCCN[C@@H]3C2)c(F)cc2c(=O)c(C(=O)O)cn(C3CC3)c12.Cl.Nc1ccc(C(=O)O)c(O)c1. The van der Waals surface area contributed by atoms with Crippen LogP contribution in [0.2, 0.25) is 0 Å². The molecule has 13 heteroatoms. The molecule has 2 aromatic carbocycles. The lowest BCUT2D eigenvalue weighted by Gasteiger charge is -2.25. The molecule has 0 bridgehead atoms. The number of ether oxygens (including phenoxy) is 1. The second-order valence-electron chi connectivity index (χ2n) is 10.4. The average molecular weight is 591 g/mol. The summed E-state index contributed by atoms with van der Waals surface area (Å²) in [5, 5.41) is 30.5. The standard InChI is InChI=1S/C21H24FN3O4.C7H7NO3.ClH/c1-29-20-17-13(19(26)14(21(27)28)9-25(17)12-4-5-12)7-15(22)18(20)24-8-11-3-2-6-23-16(11)10-24;8-4-1-2-5(7(10)11)6(9)3-4;/h7,9,11-12,16,23H,2-6,8,10H2,1H3,(H,27,28);1-3,9H,8H2,(H,10,11);1H/t11-,16+;;/m0../s1. The second kappa shape index (κ2) is 11.8. The molecule has 1 aromatic heterocycles. The summed E-state index contributed by atoms with van der Waals surface area (Å²) in [5.74, 6) is -2.54. The largest absolute Gasteiger partial charge is 0.507 e. The van der Waals surface area contributed by atoms with Gasteiger partial charge in [0.05, 0.1) is 18.0 Å². The Morgan fingerprint density at radius 1 is 1.10 bits per heavy atom. The summed E-state index contributed by atoms with van der Waals surface area (Å²) in [6.45, 7) is 2.40. The number of rotatable bonds is 5. The lowest BCUT2D eigenvalue weighted by molar-refractivity contribution is 0.0683. The van der Waals surface area contributed by atoms with Gasteiger partial charge in [-0.2, -0.15) is 0 Å². The molecule has 220 valence electrons. The van der Waals surface area contributed by atoms with Crippen LogP contribution in [0.3, 0.4) is 0 Å². The summed E-state index contributed by atoms with van der Waals surface area (Å²) >= 11 is 0. The summed E-state index contributed by atoms with van der Waals surface area (Å²) < 4.78 is 22.8. The first-order valence-corrected chi connectivity index (χ1v) is 13.1. The smallest absolute Gasteiger partial charge is 0.341 e. The molecule has 6 rings (SSSR count). The van der Waals surface area contributed by atoms with Crippen molar-refractivity contribution in [3.8, 4) is 11.5 Å². The molecule has 2 atom stereocenters. The van der Waals surface area contributed by atoms with Gasteiger partial charge in [0.25, 0.3) is 0 Å². The number of piperidine rings is 1. The molecule has 2 aliphatic heterocycles. The van der Waals surface area contributed by atoms with Gasteiger partial charge in [-0.1, -0.05) is 0 Å². The number of hydrogen-bond acceptors (Lipinski definition) is 8. The normalized spacial score (nSPS) is 19.5.